The number of hydrogen-bond acceptors (Lipinski definition) is 4. The Labute approximate surface area is 120 Å². The van der Waals surface area contributed by atoms with E-state index in [2.05, 4.69) is 4.72 Å². The molecule has 0 amide bonds. The van der Waals surface area contributed by atoms with Gasteiger partial charge in [0.25, 0.3) is 0 Å². The first kappa shape index (κ1) is 15.1. The molecule has 1 aromatic rings. The van der Waals surface area contributed by atoms with Gasteiger partial charge >= 0.3 is 10.2 Å². The van der Waals surface area contributed by atoms with Crippen LogP contribution >= 0.6 is 0 Å². The van der Waals surface area contributed by atoms with Gasteiger partial charge in [-0.3, -0.25) is 4.72 Å². The molecule has 1 atom stereocenters. The lowest BCUT2D eigenvalue weighted by molar-refractivity contribution is 0.272. The highest BCUT2D eigenvalue weighted by atomic mass is 32.2. The van der Waals surface area contributed by atoms with Crippen molar-refractivity contribution in [3.8, 4) is 5.75 Å². The molecule has 3 N–H and O–H groups in total. The first-order chi connectivity index (χ1) is 9.56. The highest BCUT2D eigenvalue weighted by Gasteiger charge is 2.28. The number of methoxy groups -OCH3 is 1. The summed E-state index contributed by atoms with van der Waals surface area (Å²) in [5.74, 6) is 0.737. The van der Waals surface area contributed by atoms with E-state index in [1.165, 1.54) is 11.4 Å². The van der Waals surface area contributed by atoms with Crippen LogP contribution in [0.5, 0.6) is 5.75 Å². The maximum Gasteiger partial charge on any atom is 0.301 e. The van der Waals surface area contributed by atoms with Crippen LogP contribution in [0.3, 0.4) is 0 Å². The van der Waals surface area contributed by atoms with E-state index in [0.717, 1.165) is 12.8 Å². The van der Waals surface area contributed by atoms with E-state index in [1.54, 1.807) is 24.3 Å². The fraction of sp³-hybridized carbons (Fsp3) is 0.538. The van der Waals surface area contributed by atoms with Gasteiger partial charge in [-0.2, -0.15) is 12.7 Å². The van der Waals surface area contributed by atoms with Crippen molar-refractivity contribution in [2.45, 2.75) is 12.8 Å². The molecule has 2 rings (SSSR count). The average molecular weight is 299 g/mol. The molecule has 0 radical (unpaired) electrons. The first-order valence-corrected chi connectivity index (χ1v) is 8.12. The highest BCUT2D eigenvalue weighted by molar-refractivity contribution is 7.90. The fourth-order valence-corrected chi connectivity index (χ4v) is 3.72. The third-order valence-electron chi connectivity index (χ3n) is 3.50. The topological polar surface area (TPSA) is 84.7 Å². The van der Waals surface area contributed by atoms with Gasteiger partial charge in [-0.05, 0) is 37.4 Å². The minimum Gasteiger partial charge on any atom is -0.495 e. The van der Waals surface area contributed by atoms with E-state index < -0.39 is 10.2 Å². The minimum absolute atomic E-state index is 0.234. The molecule has 1 aliphatic rings. The third kappa shape index (κ3) is 3.41. The molecular formula is C13H21N3O3S. The van der Waals surface area contributed by atoms with Gasteiger partial charge in [-0.1, -0.05) is 12.1 Å². The van der Waals surface area contributed by atoms with Crippen LogP contribution in [-0.2, 0) is 10.2 Å². The lowest BCUT2D eigenvalue weighted by Gasteiger charge is -2.31. The van der Waals surface area contributed by atoms with Crippen molar-refractivity contribution in [1.82, 2.24) is 4.31 Å². The largest absolute Gasteiger partial charge is 0.495 e. The van der Waals surface area contributed by atoms with Gasteiger partial charge in [0.2, 0.25) is 0 Å². The summed E-state index contributed by atoms with van der Waals surface area (Å²) >= 11 is 0. The van der Waals surface area contributed by atoms with Gasteiger partial charge in [0.15, 0.2) is 0 Å². The van der Waals surface area contributed by atoms with E-state index in [-0.39, 0.29) is 5.92 Å². The van der Waals surface area contributed by atoms with Crippen molar-refractivity contribution in [3.63, 3.8) is 0 Å². The van der Waals surface area contributed by atoms with Crippen LogP contribution < -0.4 is 15.2 Å². The van der Waals surface area contributed by atoms with Crippen molar-refractivity contribution in [3.05, 3.63) is 24.3 Å². The Hall–Kier alpha value is -1.31. The van der Waals surface area contributed by atoms with Crippen molar-refractivity contribution in [2.24, 2.45) is 11.7 Å². The number of hydrogen-bond donors (Lipinski definition) is 2. The molecule has 112 valence electrons. The number of benzene rings is 1. The second kappa shape index (κ2) is 6.43. The number of ether oxygens (including phenoxy) is 1. The average Bonchev–Trinajstić information content (AvgIpc) is 2.47. The molecule has 0 bridgehead atoms. The van der Waals surface area contributed by atoms with E-state index in [1.807, 2.05) is 0 Å². The second-order valence-corrected chi connectivity index (χ2v) is 6.58. The van der Waals surface area contributed by atoms with Gasteiger partial charge in [0.1, 0.15) is 5.75 Å². The van der Waals surface area contributed by atoms with Gasteiger partial charge in [-0.25, -0.2) is 0 Å². The second-order valence-electron chi connectivity index (χ2n) is 4.91. The number of anilines is 1. The number of nitrogens with zero attached hydrogens (tertiary/aromatic N) is 1. The summed E-state index contributed by atoms with van der Waals surface area (Å²) in [5.41, 5.74) is 6.09. The number of rotatable bonds is 5. The smallest absolute Gasteiger partial charge is 0.301 e. The SMILES string of the molecule is COc1ccccc1NS(=O)(=O)N1CCCC(CN)C1. The molecule has 1 fully saturated rings. The van der Waals surface area contributed by atoms with Gasteiger partial charge in [0, 0.05) is 13.1 Å². The Morgan fingerprint density at radius 3 is 2.90 bits per heavy atom. The molecule has 1 saturated heterocycles. The minimum atomic E-state index is -3.56. The molecule has 6 nitrogen and oxygen atoms in total. The highest BCUT2D eigenvalue weighted by Crippen LogP contribution is 2.26. The van der Waals surface area contributed by atoms with Crippen LogP contribution in [0.2, 0.25) is 0 Å². The Balaban J connectivity index is 2.14. The number of nitrogens with two attached hydrogens (primary N) is 1. The molecule has 1 aliphatic heterocycles. The summed E-state index contributed by atoms with van der Waals surface area (Å²) < 4.78 is 34.0. The van der Waals surface area contributed by atoms with E-state index in [4.69, 9.17) is 10.5 Å². The van der Waals surface area contributed by atoms with Crippen molar-refractivity contribution < 1.29 is 13.2 Å². The zero-order valence-corrected chi connectivity index (χ0v) is 12.4. The molecule has 0 aromatic heterocycles. The molecule has 7 heteroatoms. The Bertz CT molecular complexity index is 548. The maximum absolute atomic E-state index is 12.4. The predicted molar refractivity (Wildman–Crippen MR) is 78.9 cm³/mol. The molecule has 0 aliphatic carbocycles. The zero-order chi connectivity index (χ0) is 14.6. The monoisotopic (exact) mass is 299 g/mol. The molecule has 1 heterocycles. The first-order valence-electron chi connectivity index (χ1n) is 6.68. The molecule has 20 heavy (non-hydrogen) atoms. The standard InChI is InChI=1S/C13H21N3O3S/c1-19-13-7-3-2-6-12(13)15-20(17,18)16-8-4-5-11(9-14)10-16/h2-3,6-7,11,15H,4-5,8-10,14H2,1H3. The van der Waals surface area contributed by atoms with Crippen LogP contribution in [0.4, 0.5) is 5.69 Å². The molecule has 0 spiro atoms. The lowest BCUT2D eigenvalue weighted by Crippen LogP contribution is -2.44. The van der Waals surface area contributed by atoms with Crippen LogP contribution in [-0.4, -0.2) is 39.5 Å². The van der Waals surface area contributed by atoms with Gasteiger partial charge in [-0.15, -0.1) is 0 Å². The summed E-state index contributed by atoms with van der Waals surface area (Å²) in [7, 11) is -2.05. The molecular weight excluding hydrogens is 278 g/mol. The third-order valence-corrected chi connectivity index (χ3v) is 4.99. The van der Waals surface area contributed by atoms with Gasteiger partial charge < -0.3 is 10.5 Å². The van der Waals surface area contributed by atoms with Crippen molar-refractivity contribution >= 4 is 15.9 Å². The summed E-state index contributed by atoms with van der Waals surface area (Å²) in [6.07, 6.45) is 1.83. The summed E-state index contributed by atoms with van der Waals surface area (Å²) in [4.78, 5) is 0. The quantitative estimate of drug-likeness (QED) is 0.850. The van der Waals surface area contributed by atoms with Crippen molar-refractivity contribution in [2.75, 3.05) is 31.5 Å². The van der Waals surface area contributed by atoms with E-state index in [0.29, 0.717) is 31.1 Å². The Morgan fingerprint density at radius 2 is 2.20 bits per heavy atom. The van der Waals surface area contributed by atoms with E-state index >= 15 is 0 Å². The molecule has 0 saturated carbocycles. The predicted octanol–water partition coefficient (Wildman–Crippen LogP) is 1.02. The summed E-state index contributed by atoms with van der Waals surface area (Å²) in [6, 6.07) is 6.96. The Morgan fingerprint density at radius 1 is 1.45 bits per heavy atom. The number of nitrogens with one attached hydrogen (secondary N) is 1. The van der Waals surface area contributed by atoms with Crippen LogP contribution in [0.1, 0.15) is 12.8 Å². The number of piperidine rings is 1. The van der Waals surface area contributed by atoms with Crippen LogP contribution in [0.15, 0.2) is 24.3 Å². The fourth-order valence-electron chi connectivity index (χ4n) is 2.37. The van der Waals surface area contributed by atoms with Crippen LogP contribution in [0, 0.1) is 5.92 Å². The van der Waals surface area contributed by atoms with Gasteiger partial charge in [0.05, 0.1) is 12.8 Å². The van der Waals surface area contributed by atoms with Crippen LogP contribution in [0.25, 0.3) is 0 Å². The maximum atomic E-state index is 12.4. The Kier molecular flexibility index (Phi) is 4.85. The van der Waals surface area contributed by atoms with E-state index in [9.17, 15) is 8.42 Å². The summed E-state index contributed by atoms with van der Waals surface area (Å²) in [6.45, 7) is 1.52. The normalized spacial score (nSPS) is 20.6. The molecule has 1 unspecified atom stereocenters. The van der Waals surface area contributed by atoms with Crippen molar-refractivity contribution in [1.29, 1.82) is 0 Å². The zero-order valence-electron chi connectivity index (χ0n) is 11.6. The number of para-hydroxylation sites is 2. The molecule has 1 aromatic carbocycles. The lowest BCUT2D eigenvalue weighted by atomic mass is 10.0. The summed E-state index contributed by atoms with van der Waals surface area (Å²) in [5, 5.41) is 0.